The van der Waals surface area contributed by atoms with E-state index in [0.29, 0.717) is 0 Å². The molecule has 0 aromatic heterocycles. The molecule has 0 saturated heterocycles. The van der Waals surface area contributed by atoms with Crippen LogP contribution < -0.4 is 0 Å². The maximum atomic E-state index is 3.70. The van der Waals surface area contributed by atoms with Crippen LogP contribution >= 0.6 is 30.3 Å². The van der Waals surface area contributed by atoms with E-state index in [9.17, 15) is 0 Å². The molecule has 0 bridgehead atoms. The molecule has 64 valence electrons. The first-order valence-corrected chi connectivity index (χ1v) is 6.92. The second-order valence-electron chi connectivity index (χ2n) is 2.18. The normalized spacial score (nSPS) is 10.0. The van der Waals surface area contributed by atoms with Gasteiger partial charge in [0.1, 0.15) is 0 Å². The van der Waals surface area contributed by atoms with Crippen molar-refractivity contribution in [2.24, 2.45) is 0 Å². The lowest BCUT2D eigenvalue weighted by molar-refractivity contribution is 0.511. The van der Waals surface area contributed by atoms with Gasteiger partial charge in [-0.3, -0.25) is 0 Å². The van der Waals surface area contributed by atoms with Crippen molar-refractivity contribution in [1.29, 1.82) is 0 Å². The first-order valence-electron chi connectivity index (χ1n) is 3.60. The number of hydrogen-bond donors (Lipinski definition) is 0. The van der Waals surface area contributed by atoms with Gasteiger partial charge in [-0.1, -0.05) is 12.2 Å². The summed E-state index contributed by atoms with van der Waals surface area (Å²) < 4.78 is 2.27. The molecule has 0 aromatic carbocycles. The Bertz CT molecular complexity index is 117. The zero-order chi connectivity index (χ0) is 8.53. The van der Waals surface area contributed by atoms with Gasteiger partial charge in [-0.15, -0.1) is 13.2 Å². The van der Waals surface area contributed by atoms with Gasteiger partial charge in [0, 0.05) is 34.3 Å². The summed E-state index contributed by atoms with van der Waals surface area (Å²) in [4.78, 5) is 0. The zero-order valence-electron chi connectivity index (χ0n) is 6.63. The highest BCUT2D eigenvalue weighted by Crippen LogP contribution is 2.18. The van der Waals surface area contributed by atoms with Crippen molar-refractivity contribution in [3.8, 4) is 0 Å². The van der Waals surface area contributed by atoms with Crippen molar-refractivity contribution in [3.63, 3.8) is 0 Å². The average Bonchev–Trinajstić information content (AvgIpc) is 2.03. The van der Waals surface area contributed by atoms with Gasteiger partial charge in [-0.05, 0) is 22.0 Å². The SMILES string of the molecule is C=CCCCN(CC=C)SI. The maximum Gasteiger partial charge on any atom is 0.0275 e. The van der Waals surface area contributed by atoms with Crippen LogP contribution in [0.1, 0.15) is 12.8 Å². The van der Waals surface area contributed by atoms with Crippen LogP contribution in [0.25, 0.3) is 0 Å². The Kier molecular flexibility index (Phi) is 9.02. The van der Waals surface area contributed by atoms with E-state index < -0.39 is 0 Å². The molecule has 11 heavy (non-hydrogen) atoms. The molecular weight excluding hydrogens is 269 g/mol. The number of hydrogen-bond acceptors (Lipinski definition) is 2. The Morgan fingerprint density at radius 3 is 2.55 bits per heavy atom. The zero-order valence-corrected chi connectivity index (χ0v) is 9.60. The molecule has 0 rings (SSSR count). The average molecular weight is 283 g/mol. The molecule has 0 heterocycles. The van der Waals surface area contributed by atoms with Crippen LogP contribution in [0.4, 0.5) is 0 Å². The second kappa shape index (κ2) is 8.62. The van der Waals surface area contributed by atoms with E-state index in [0.717, 1.165) is 19.5 Å². The number of rotatable bonds is 7. The predicted octanol–water partition coefficient (Wildman–Crippen LogP) is 3.44. The summed E-state index contributed by atoms with van der Waals surface area (Å²) in [7, 11) is 1.74. The molecule has 0 spiro atoms. The van der Waals surface area contributed by atoms with Crippen LogP contribution in [0, 0.1) is 0 Å². The van der Waals surface area contributed by atoms with Gasteiger partial charge in [-0.2, -0.15) is 0 Å². The minimum atomic E-state index is 0.963. The molecule has 0 aliphatic rings. The molecule has 0 aliphatic heterocycles. The fraction of sp³-hybridized carbons (Fsp3) is 0.500. The highest BCUT2D eigenvalue weighted by atomic mass is 127. The minimum absolute atomic E-state index is 0.963. The van der Waals surface area contributed by atoms with E-state index in [1.807, 2.05) is 12.2 Å². The Morgan fingerprint density at radius 2 is 2.09 bits per heavy atom. The fourth-order valence-electron chi connectivity index (χ4n) is 0.710. The molecule has 0 N–H and O–H groups in total. The molecular formula is C8H14INS. The number of unbranched alkanes of at least 4 members (excludes halogenated alkanes) is 1. The van der Waals surface area contributed by atoms with Gasteiger partial charge in [0.25, 0.3) is 0 Å². The number of halogens is 1. The Balaban J connectivity index is 3.34. The van der Waals surface area contributed by atoms with Crippen molar-refractivity contribution in [2.75, 3.05) is 13.1 Å². The Labute approximate surface area is 85.6 Å². The molecule has 0 fully saturated rings. The topological polar surface area (TPSA) is 3.24 Å². The smallest absolute Gasteiger partial charge is 0.0275 e. The first kappa shape index (κ1) is 11.5. The lowest BCUT2D eigenvalue weighted by Crippen LogP contribution is -2.14. The molecule has 0 saturated carbocycles. The molecule has 0 amide bonds. The summed E-state index contributed by atoms with van der Waals surface area (Å²) in [6.45, 7) is 9.46. The van der Waals surface area contributed by atoms with Gasteiger partial charge >= 0.3 is 0 Å². The Hall–Kier alpha value is 0.520. The standard InChI is InChI=1S/C8H14INS/c1-3-5-6-8-10(11-9)7-4-2/h3-4H,1-2,5-8H2. The van der Waals surface area contributed by atoms with E-state index in [4.69, 9.17) is 0 Å². The third-order valence-corrected chi connectivity index (χ3v) is 3.44. The Morgan fingerprint density at radius 1 is 1.36 bits per heavy atom. The summed E-state index contributed by atoms with van der Waals surface area (Å²) in [5.41, 5.74) is 0. The van der Waals surface area contributed by atoms with Gasteiger partial charge in [0.15, 0.2) is 0 Å². The molecule has 1 nitrogen and oxygen atoms in total. The van der Waals surface area contributed by atoms with Gasteiger partial charge in [-0.25, -0.2) is 4.31 Å². The molecule has 0 aliphatic carbocycles. The van der Waals surface area contributed by atoms with E-state index in [-0.39, 0.29) is 0 Å². The summed E-state index contributed by atoms with van der Waals surface area (Å²) >= 11 is 2.29. The van der Waals surface area contributed by atoms with Crippen molar-refractivity contribution in [1.82, 2.24) is 4.31 Å². The van der Waals surface area contributed by atoms with Crippen LogP contribution in [-0.2, 0) is 0 Å². The molecule has 3 heteroatoms. The van der Waals surface area contributed by atoms with Gasteiger partial charge < -0.3 is 0 Å². The fourth-order valence-corrected chi connectivity index (χ4v) is 2.14. The molecule has 0 radical (unpaired) electrons. The summed E-state index contributed by atoms with van der Waals surface area (Å²) in [6.07, 6.45) is 6.18. The largest absolute Gasteiger partial charge is 0.238 e. The summed E-state index contributed by atoms with van der Waals surface area (Å²) in [5, 5.41) is 0. The first-order chi connectivity index (χ1) is 5.35. The predicted molar refractivity (Wildman–Crippen MR) is 62.8 cm³/mol. The quantitative estimate of drug-likeness (QED) is 0.305. The van der Waals surface area contributed by atoms with Crippen LogP contribution in [0.2, 0.25) is 0 Å². The summed E-state index contributed by atoms with van der Waals surface area (Å²) in [5.74, 6) is 0. The van der Waals surface area contributed by atoms with E-state index in [1.54, 1.807) is 9.12 Å². The van der Waals surface area contributed by atoms with Crippen LogP contribution in [-0.4, -0.2) is 17.4 Å². The second-order valence-corrected chi connectivity index (χ2v) is 4.01. The monoisotopic (exact) mass is 283 g/mol. The van der Waals surface area contributed by atoms with Crippen LogP contribution in [0.3, 0.4) is 0 Å². The third-order valence-electron chi connectivity index (χ3n) is 1.25. The molecule has 0 aromatic rings. The lowest BCUT2D eigenvalue weighted by atomic mass is 10.3. The van der Waals surface area contributed by atoms with Crippen molar-refractivity contribution in [3.05, 3.63) is 25.3 Å². The number of allylic oxidation sites excluding steroid dienone is 1. The van der Waals surface area contributed by atoms with E-state index >= 15 is 0 Å². The van der Waals surface area contributed by atoms with Crippen LogP contribution in [0.15, 0.2) is 25.3 Å². The maximum absolute atomic E-state index is 3.70. The van der Waals surface area contributed by atoms with E-state index in [2.05, 4.69) is 38.7 Å². The van der Waals surface area contributed by atoms with Crippen molar-refractivity contribution >= 4 is 30.3 Å². The van der Waals surface area contributed by atoms with Crippen molar-refractivity contribution in [2.45, 2.75) is 12.8 Å². The third kappa shape index (κ3) is 6.90. The van der Waals surface area contributed by atoms with E-state index in [1.165, 1.54) is 6.42 Å². The molecule has 0 unspecified atom stereocenters. The van der Waals surface area contributed by atoms with Gasteiger partial charge in [0.2, 0.25) is 0 Å². The molecule has 0 atom stereocenters. The van der Waals surface area contributed by atoms with Gasteiger partial charge in [0.05, 0.1) is 0 Å². The van der Waals surface area contributed by atoms with Crippen LogP contribution in [0.5, 0.6) is 0 Å². The summed E-state index contributed by atoms with van der Waals surface area (Å²) in [6, 6.07) is 0. The highest BCUT2D eigenvalue weighted by molar-refractivity contribution is 14.2. The minimum Gasteiger partial charge on any atom is -0.238 e. The number of nitrogens with zero attached hydrogens (tertiary/aromatic N) is 1. The van der Waals surface area contributed by atoms with Crippen molar-refractivity contribution < 1.29 is 0 Å². The highest BCUT2D eigenvalue weighted by Gasteiger charge is 1.98. The lowest BCUT2D eigenvalue weighted by Gasteiger charge is -2.14.